The predicted molar refractivity (Wildman–Crippen MR) is 59.1 cm³/mol. The molecule has 0 saturated carbocycles. The van der Waals surface area contributed by atoms with Gasteiger partial charge in [-0.05, 0) is 24.1 Å². The van der Waals surface area contributed by atoms with Gasteiger partial charge in [0.15, 0.2) is 0 Å². The normalized spacial score (nSPS) is 10.7. The van der Waals surface area contributed by atoms with E-state index in [4.69, 9.17) is 5.11 Å². The van der Waals surface area contributed by atoms with Gasteiger partial charge >= 0.3 is 11.7 Å². The van der Waals surface area contributed by atoms with Crippen molar-refractivity contribution in [2.24, 2.45) is 0 Å². The molecule has 0 aromatic heterocycles. The summed E-state index contributed by atoms with van der Waals surface area (Å²) in [5.41, 5.74) is 0.354. The van der Waals surface area contributed by atoms with E-state index in [2.05, 4.69) is 0 Å². The number of hydrogen-bond donors (Lipinski definition) is 1. The monoisotopic (exact) mass is 239 g/mol. The van der Waals surface area contributed by atoms with Crippen LogP contribution >= 0.6 is 0 Å². The Morgan fingerprint density at radius 2 is 2.24 bits per heavy atom. The van der Waals surface area contributed by atoms with Crippen LogP contribution in [0.5, 0.6) is 0 Å². The number of aliphatic carboxylic acids is 1. The molecule has 0 aliphatic carbocycles. The van der Waals surface area contributed by atoms with Crippen LogP contribution in [0.25, 0.3) is 6.08 Å². The molecule has 0 aliphatic heterocycles. The van der Waals surface area contributed by atoms with E-state index in [-0.39, 0.29) is 6.42 Å². The molecule has 0 aliphatic rings. The van der Waals surface area contributed by atoms with Gasteiger partial charge in [-0.2, -0.15) is 4.39 Å². The van der Waals surface area contributed by atoms with Gasteiger partial charge in [-0.15, -0.1) is 0 Å². The van der Waals surface area contributed by atoms with E-state index < -0.39 is 22.4 Å². The van der Waals surface area contributed by atoms with Gasteiger partial charge in [0.05, 0.1) is 11.3 Å². The molecule has 0 spiro atoms. The standard InChI is InChI=1S/C11H10FNO4/c1-7-5-10(13(16)17)9(12)6-8(7)3-2-4-11(14)15/h2-3,5-6H,4H2,1H3,(H,14,15). The fourth-order valence-electron chi connectivity index (χ4n) is 1.29. The molecule has 0 saturated heterocycles. The summed E-state index contributed by atoms with van der Waals surface area (Å²) < 4.78 is 13.3. The van der Waals surface area contributed by atoms with Crippen molar-refractivity contribution in [3.63, 3.8) is 0 Å². The molecule has 0 radical (unpaired) electrons. The van der Waals surface area contributed by atoms with E-state index in [9.17, 15) is 19.3 Å². The Labute approximate surface area is 96.3 Å². The van der Waals surface area contributed by atoms with Gasteiger partial charge in [0.2, 0.25) is 5.82 Å². The number of benzene rings is 1. The Bertz CT molecular complexity index is 496. The number of carboxylic acids is 1. The van der Waals surface area contributed by atoms with Crippen molar-refractivity contribution in [3.05, 3.63) is 45.3 Å². The fourth-order valence-corrected chi connectivity index (χ4v) is 1.29. The zero-order chi connectivity index (χ0) is 13.0. The van der Waals surface area contributed by atoms with Crippen LogP contribution in [0.15, 0.2) is 18.2 Å². The maximum absolute atomic E-state index is 13.3. The Kier molecular flexibility index (Phi) is 3.92. The highest BCUT2D eigenvalue weighted by Crippen LogP contribution is 2.22. The summed E-state index contributed by atoms with van der Waals surface area (Å²) in [6, 6.07) is 2.14. The molecule has 17 heavy (non-hydrogen) atoms. The molecule has 0 bridgehead atoms. The summed E-state index contributed by atoms with van der Waals surface area (Å²) in [4.78, 5) is 19.9. The summed E-state index contributed by atoms with van der Waals surface area (Å²) >= 11 is 0. The first-order valence-corrected chi connectivity index (χ1v) is 4.74. The molecule has 0 unspecified atom stereocenters. The number of rotatable bonds is 4. The average molecular weight is 239 g/mol. The van der Waals surface area contributed by atoms with Crippen molar-refractivity contribution in [2.75, 3.05) is 0 Å². The Morgan fingerprint density at radius 1 is 1.59 bits per heavy atom. The number of hydrogen-bond acceptors (Lipinski definition) is 3. The smallest absolute Gasteiger partial charge is 0.307 e. The van der Waals surface area contributed by atoms with Crippen LogP contribution < -0.4 is 0 Å². The van der Waals surface area contributed by atoms with Crippen LogP contribution in [0.2, 0.25) is 0 Å². The summed E-state index contributed by atoms with van der Waals surface area (Å²) in [6.07, 6.45) is 2.60. The third-order valence-electron chi connectivity index (χ3n) is 2.12. The lowest BCUT2D eigenvalue weighted by atomic mass is 10.1. The van der Waals surface area contributed by atoms with Crippen LogP contribution in [0.3, 0.4) is 0 Å². The molecule has 0 atom stereocenters. The molecule has 1 aromatic carbocycles. The molecule has 5 nitrogen and oxygen atoms in total. The highest BCUT2D eigenvalue weighted by molar-refractivity contribution is 5.70. The van der Waals surface area contributed by atoms with E-state index in [1.54, 1.807) is 6.92 Å². The number of nitrogens with zero attached hydrogens (tertiary/aromatic N) is 1. The van der Waals surface area contributed by atoms with Gasteiger partial charge in [-0.25, -0.2) is 0 Å². The Morgan fingerprint density at radius 3 is 2.76 bits per heavy atom. The van der Waals surface area contributed by atoms with E-state index in [0.29, 0.717) is 11.1 Å². The molecule has 6 heteroatoms. The van der Waals surface area contributed by atoms with Crippen LogP contribution in [0.4, 0.5) is 10.1 Å². The second-order valence-electron chi connectivity index (χ2n) is 3.42. The van der Waals surface area contributed by atoms with E-state index in [1.165, 1.54) is 12.2 Å². The van der Waals surface area contributed by atoms with Crippen molar-refractivity contribution >= 4 is 17.7 Å². The fraction of sp³-hybridized carbons (Fsp3) is 0.182. The van der Waals surface area contributed by atoms with Crippen LogP contribution in [0, 0.1) is 22.9 Å². The Hall–Kier alpha value is -2.24. The summed E-state index contributed by atoms with van der Waals surface area (Å²) in [5, 5.41) is 18.9. The zero-order valence-electron chi connectivity index (χ0n) is 9.01. The lowest BCUT2D eigenvalue weighted by Crippen LogP contribution is -1.95. The highest BCUT2D eigenvalue weighted by atomic mass is 19.1. The molecule has 1 aromatic rings. The summed E-state index contributed by atoms with van der Waals surface area (Å²) in [7, 11) is 0. The van der Waals surface area contributed by atoms with Gasteiger partial charge in [-0.3, -0.25) is 14.9 Å². The van der Waals surface area contributed by atoms with Gasteiger partial charge in [0.1, 0.15) is 0 Å². The summed E-state index contributed by atoms with van der Waals surface area (Å²) in [6.45, 7) is 1.59. The molecule has 0 fully saturated rings. The quantitative estimate of drug-likeness (QED) is 0.646. The van der Waals surface area contributed by atoms with Crippen LogP contribution in [0.1, 0.15) is 17.5 Å². The minimum atomic E-state index is -0.999. The van der Waals surface area contributed by atoms with Gasteiger partial charge in [-0.1, -0.05) is 12.2 Å². The first-order chi connectivity index (χ1) is 7.91. The van der Waals surface area contributed by atoms with Crippen molar-refractivity contribution in [2.45, 2.75) is 13.3 Å². The molecular formula is C11H10FNO4. The first kappa shape index (κ1) is 12.8. The van der Waals surface area contributed by atoms with Crippen molar-refractivity contribution in [1.82, 2.24) is 0 Å². The third kappa shape index (κ3) is 3.37. The predicted octanol–water partition coefficient (Wildman–Crippen LogP) is 2.53. The Balaban J connectivity index is 3.03. The number of nitro groups is 1. The SMILES string of the molecule is Cc1cc([N+](=O)[O-])c(F)cc1C=CCC(=O)O. The van der Waals surface area contributed by atoms with E-state index in [0.717, 1.165) is 12.1 Å². The zero-order valence-corrected chi connectivity index (χ0v) is 9.01. The van der Waals surface area contributed by atoms with E-state index in [1.807, 2.05) is 0 Å². The molecule has 0 heterocycles. The van der Waals surface area contributed by atoms with E-state index >= 15 is 0 Å². The van der Waals surface area contributed by atoms with Crippen molar-refractivity contribution < 1.29 is 19.2 Å². The second-order valence-corrected chi connectivity index (χ2v) is 3.42. The molecule has 90 valence electrons. The lowest BCUT2D eigenvalue weighted by molar-refractivity contribution is -0.387. The number of carboxylic acid groups (broad SMARTS) is 1. The third-order valence-corrected chi connectivity index (χ3v) is 2.12. The lowest BCUT2D eigenvalue weighted by Gasteiger charge is -2.01. The van der Waals surface area contributed by atoms with Crippen LogP contribution in [-0.2, 0) is 4.79 Å². The van der Waals surface area contributed by atoms with Crippen molar-refractivity contribution in [1.29, 1.82) is 0 Å². The van der Waals surface area contributed by atoms with Gasteiger partial charge in [0, 0.05) is 6.07 Å². The van der Waals surface area contributed by atoms with Gasteiger partial charge in [0.25, 0.3) is 0 Å². The van der Waals surface area contributed by atoms with Crippen molar-refractivity contribution in [3.8, 4) is 0 Å². The molecular weight excluding hydrogens is 229 g/mol. The van der Waals surface area contributed by atoms with Crippen LogP contribution in [-0.4, -0.2) is 16.0 Å². The minimum Gasteiger partial charge on any atom is -0.481 e. The maximum atomic E-state index is 13.3. The summed E-state index contributed by atoms with van der Waals surface area (Å²) in [5.74, 6) is -1.93. The maximum Gasteiger partial charge on any atom is 0.307 e. The number of carbonyl (C=O) groups is 1. The second kappa shape index (κ2) is 5.20. The molecule has 1 N–H and O–H groups in total. The first-order valence-electron chi connectivity index (χ1n) is 4.74. The minimum absolute atomic E-state index is 0.182. The van der Waals surface area contributed by atoms with Gasteiger partial charge < -0.3 is 5.11 Å². The highest BCUT2D eigenvalue weighted by Gasteiger charge is 2.15. The number of aryl methyl sites for hydroxylation is 1. The topological polar surface area (TPSA) is 80.4 Å². The molecule has 0 amide bonds. The largest absolute Gasteiger partial charge is 0.481 e. The number of nitro benzene ring substituents is 1. The molecule has 1 rings (SSSR count). The average Bonchev–Trinajstić information content (AvgIpc) is 2.21. The number of halogens is 1.